The average Bonchev–Trinajstić information content (AvgIpc) is 3.39. The van der Waals surface area contributed by atoms with Gasteiger partial charge < -0.3 is 15.2 Å². The molecule has 8 nitrogen and oxygen atoms in total. The molecular formula is C40H31BFNO7. The fraction of sp³-hybridized carbons (Fsp3) is 0.200. The lowest BCUT2D eigenvalue weighted by Crippen LogP contribution is -2.58. The largest absolute Gasteiger partial charge is 0.505 e. The summed E-state index contributed by atoms with van der Waals surface area (Å²) in [5.74, 6) is -7.25. The number of benzene rings is 4. The van der Waals surface area contributed by atoms with Crippen LogP contribution in [0.1, 0.15) is 35.4 Å². The number of hydrogen-bond acceptors (Lipinski definition) is 7. The molecule has 1 aliphatic heterocycles. The lowest BCUT2D eigenvalue weighted by atomic mass is 9.44. The van der Waals surface area contributed by atoms with Crippen molar-refractivity contribution in [2.24, 2.45) is 23.7 Å². The second kappa shape index (κ2) is 11.9. The highest BCUT2D eigenvalue weighted by Gasteiger charge is 2.66. The molecule has 0 unspecified atom stereocenters. The van der Waals surface area contributed by atoms with Gasteiger partial charge in [-0.2, -0.15) is 0 Å². The number of nitrogens with zero attached hydrogens (tertiary/aromatic N) is 1. The number of rotatable bonds is 5. The number of anilines is 1. The van der Waals surface area contributed by atoms with Crippen molar-refractivity contribution >= 4 is 47.2 Å². The van der Waals surface area contributed by atoms with Gasteiger partial charge in [0.05, 0.1) is 22.9 Å². The van der Waals surface area contributed by atoms with Crippen molar-refractivity contribution in [2.45, 2.75) is 24.2 Å². The van der Waals surface area contributed by atoms with E-state index in [2.05, 4.69) is 0 Å². The summed E-state index contributed by atoms with van der Waals surface area (Å²) >= 11 is 0. The van der Waals surface area contributed by atoms with Crippen LogP contribution in [0.25, 0.3) is 5.57 Å². The molecule has 1 saturated heterocycles. The van der Waals surface area contributed by atoms with E-state index in [1.807, 2.05) is 18.2 Å². The number of amides is 2. The minimum atomic E-state index is -1.81. The third-order valence-electron chi connectivity index (χ3n) is 11.1. The van der Waals surface area contributed by atoms with Gasteiger partial charge in [-0.1, -0.05) is 90.5 Å². The molecule has 2 amide bonds. The SMILES string of the molecule is O=C1C(c2ccccc2)=CC(=O)[C@@]2(c3ccccc3)[C@@H](c3ccc(O)c(F)c3)C3=CC[C@@H]4C(=O)N(c5cccc(B(O)O)c5)C(=O)[C@@H]4[C@@H]3C[C@@H]12. The summed E-state index contributed by atoms with van der Waals surface area (Å²) in [6, 6.07) is 27.8. The van der Waals surface area contributed by atoms with E-state index in [1.165, 1.54) is 36.4 Å². The summed E-state index contributed by atoms with van der Waals surface area (Å²) in [7, 11) is -1.81. The van der Waals surface area contributed by atoms with Gasteiger partial charge in [-0.15, -0.1) is 0 Å². The average molecular weight is 667 g/mol. The molecular weight excluding hydrogens is 636 g/mol. The lowest BCUT2D eigenvalue weighted by molar-refractivity contribution is -0.135. The second-order valence-electron chi connectivity index (χ2n) is 13.5. The molecule has 0 spiro atoms. The van der Waals surface area contributed by atoms with Crippen molar-refractivity contribution in [2.75, 3.05) is 4.90 Å². The molecule has 6 atom stereocenters. The second-order valence-corrected chi connectivity index (χ2v) is 13.5. The molecule has 3 N–H and O–H groups in total. The van der Waals surface area contributed by atoms with Gasteiger partial charge in [0.15, 0.2) is 23.1 Å². The van der Waals surface area contributed by atoms with Gasteiger partial charge in [-0.3, -0.25) is 24.1 Å². The van der Waals surface area contributed by atoms with Crippen LogP contribution in [0.15, 0.2) is 121 Å². The van der Waals surface area contributed by atoms with Crippen molar-refractivity contribution < 1.29 is 38.7 Å². The normalized spacial score (nSPS) is 27.3. The number of phenols is 1. The quantitative estimate of drug-likeness (QED) is 0.165. The van der Waals surface area contributed by atoms with E-state index in [9.17, 15) is 34.3 Å². The molecule has 10 heteroatoms. The number of Topliss-reactive ketones (excluding diaryl/α,β-unsaturated/α-hetero) is 1. The topological polar surface area (TPSA) is 132 Å². The van der Waals surface area contributed by atoms with Crippen LogP contribution in [0.4, 0.5) is 10.1 Å². The molecule has 0 aromatic heterocycles. The Kier molecular flexibility index (Phi) is 7.54. The van der Waals surface area contributed by atoms with Crippen LogP contribution >= 0.6 is 0 Å². The van der Waals surface area contributed by atoms with Crippen molar-refractivity contribution in [1.82, 2.24) is 0 Å². The van der Waals surface area contributed by atoms with Gasteiger partial charge in [-0.25, -0.2) is 4.39 Å². The van der Waals surface area contributed by atoms with E-state index in [-0.39, 0.29) is 41.1 Å². The molecule has 2 fully saturated rings. The maximum absolute atomic E-state index is 15.2. The number of carbonyl (C=O) groups excluding carboxylic acids is 4. The van der Waals surface area contributed by atoms with E-state index in [0.717, 1.165) is 4.90 Å². The number of carbonyl (C=O) groups is 4. The highest BCUT2D eigenvalue weighted by Crippen LogP contribution is 2.63. The first-order chi connectivity index (χ1) is 24.1. The van der Waals surface area contributed by atoms with Crippen molar-refractivity contribution in [3.05, 3.63) is 143 Å². The van der Waals surface area contributed by atoms with E-state index in [4.69, 9.17) is 0 Å². The molecule has 8 rings (SSSR count). The molecule has 4 aliphatic rings. The summed E-state index contributed by atoms with van der Waals surface area (Å²) in [5, 5.41) is 29.8. The maximum atomic E-state index is 15.2. The third-order valence-corrected chi connectivity index (χ3v) is 11.1. The van der Waals surface area contributed by atoms with Gasteiger partial charge in [-0.05, 0) is 71.3 Å². The summed E-state index contributed by atoms with van der Waals surface area (Å²) in [6.07, 6.45) is 3.51. The Morgan fingerprint density at radius 1 is 0.800 bits per heavy atom. The van der Waals surface area contributed by atoms with Crippen LogP contribution in [-0.2, 0) is 24.6 Å². The minimum absolute atomic E-state index is 0.0793. The first-order valence-corrected chi connectivity index (χ1v) is 16.6. The zero-order valence-electron chi connectivity index (χ0n) is 26.6. The molecule has 0 radical (unpaired) electrons. The smallest absolute Gasteiger partial charge is 0.488 e. The Morgan fingerprint density at radius 3 is 2.22 bits per heavy atom. The molecule has 4 aromatic rings. The summed E-state index contributed by atoms with van der Waals surface area (Å²) < 4.78 is 15.2. The van der Waals surface area contributed by atoms with Gasteiger partial charge in [0.1, 0.15) is 0 Å². The summed E-state index contributed by atoms with van der Waals surface area (Å²) in [6.45, 7) is 0. The number of aromatic hydroxyl groups is 1. The van der Waals surface area contributed by atoms with Crippen molar-refractivity contribution in [3.63, 3.8) is 0 Å². The van der Waals surface area contributed by atoms with Crippen molar-refractivity contribution in [3.8, 4) is 5.75 Å². The van der Waals surface area contributed by atoms with Gasteiger partial charge in [0.25, 0.3) is 0 Å². The van der Waals surface area contributed by atoms with E-state index >= 15 is 4.39 Å². The van der Waals surface area contributed by atoms with Gasteiger partial charge in [0, 0.05) is 17.4 Å². The standard InChI is InChI=1S/C40H31BFNO7/c42-32-18-23(14-17-33(32)44)36-27-15-16-28-35(39(48)43(38(28)47)26-13-7-12-25(19-26)41(49)50)30(27)20-31-37(46)29(22-8-3-1-4-9-22)21-34(45)40(31,36)24-10-5-2-6-11-24/h1-15,17-19,21,28,30-31,35-36,44,49-50H,16,20H2/t28-,30+,31-,35-,36-,40-/m0/s1. The van der Waals surface area contributed by atoms with Crippen LogP contribution in [0.3, 0.4) is 0 Å². The molecule has 0 bridgehead atoms. The summed E-state index contributed by atoms with van der Waals surface area (Å²) in [4.78, 5) is 59.5. The highest BCUT2D eigenvalue weighted by atomic mass is 19.1. The maximum Gasteiger partial charge on any atom is 0.488 e. The third kappa shape index (κ3) is 4.59. The number of fused-ring (bicyclic) bond motifs is 4. The van der Waals surface area contributed by atoms with E-state index in [0.29, 0.717) is 22.3 Å². The van der Waals surface area contributed by atoms with Crippen LogP contribution in [0, 0.1) is 29.5 Å². The fourth-order valence-electron chi connectivity index (χ4n) is 9.03. The fourth-order valence-corrected chi connectivity index (χ4v) is 9.03. The van der Waals surface area contributed by atoms with Crippen molar-refractivity contribution in [1.29, 1.82) is 0 Å². The minimum Gasteiger partial charge on any atom is -0.505 e. The molecule has 50 heavy (non-hydrogen) atoms. The number of allylic oxidation sites excluding steroid dienone is 4. The number of phenolic OH excluding ortho intramolecular Hbond substituents is 1. The predicted octanol–water partition coefficient (Wildman–Crippen LogP) is 4.24. The monoisotopic (exact) mass is 667 g/mol. The lowest BCUT2D eigenvalue weighted by Gasteiger charge is -2.55. The highest BCUT2D eigenvalue weighted by molar-refractivity contribution is 6.58. The zero-order chi connectivity index (χ0) is 34.9. The molecule has 248 valence electrons. The Hall–Kier alpha value is -5.45. The first-order valence-electron chi connectivity index (χ1n) is 16.6. The molecule has 3 aliphatic carbocycles. The Morgan fingerprint density at radius 2 is 1.52 bits per heavy atom. The van der Waals surface area contributed by atoms with Crippen LogP contribution < -0.4 is 10.4 Å². The summed E-state index contributed by atoms with van der Waals surface area (Å²) in [5.41, 5.74) is 1.21. The van der Waals surface area contributed by atoms with Gasteiger partial charge in [0.2, 0.25) is 11.8 Å². The molecule has 1 heterocycles. The Bertz CT molecular complexity index is 2150. The first kappa shape index (κ1) is 31.8. The molecule has 4 aromatic carbocycles. The predicted molar refractivity (Wildman–Crippen MR) is 183 cm³/mol. The number of hydrogen-bond donors (Lipinski definition) is 3. The van der Waals surface area contributed by atoms with Crippen LogP contribution in [0.2, 0.25) is 0 Å². The Labute approximate surface area is 287 Å². The van der Waals surface area contributed by atoms with E-state index in [1.54, 1.807) is 60.7 Å². The van der Waals surface area contributed by atoms with Crippen LogP contribution in [0.5, 0.6) is 5.75 Å². The van der Waals surface area contributed by atoms with Crippen LogP contribution in [-0.4, -0.2) is 45.7 Å². The Balaban J connectivity index is 1.34. The number of halogens is 1. The number of ketones is 2. The van der Waals surface area contributed by atoms with E-state index < -0.39 is 65.5 Å². The number of imide groups is 1. The van der Waals surface area contributed by atoms with Gasteiger partial charge >= 0.3 is 7.12 Å². The zero-order valence-corrected chi connectivity index (χ0v) is 26.6. The molecule has 1 saturated carbocycles.